The van der Waals surface area contributed by atoms with Crippen LogP contribution in [0.15, 0.2) is 146 Å². The molecule has 0 aliphatic heterocycles. The van der Waals surface area contributed by atoms with Crippen LogP contribution in [-0.4, -0.2) is 9.13 Å². The van der Waals surface area contributed by atoms with Gasteiger partial charge < -0.3 is 9.13 Å². The molecule has 2 heterocycles. The number of aromatic nitrogens is 2. The van der Waals surface area contributed by atoms with Crippen LogP contribution in [0.25, 0.3) is 76.9 Å². The second-order valence-corrected chi connectivity index (χ2v) is 13.0. The summed E-state index contributed by atoms with van der Waals surface area (Å²) in [4.78, 5) is 0. The molecule has 10 rings (SSSR count). The minimum absolute atomic E-state index is 0.0517. The van der Waals surface area contributed by atoms with Crippen LogP contribution in [0.3, 0.4) is 0 Å². The molecule has 0 bridgehead atoms. The highest BCUT2D eigenvalue weighted by Gasteiger charge is 2.37. The van der Waals surface area contributed by atoms with Gasteiger partial charge in [-0.1, -0.05) is 105 Å². The molecule has 1 aliphatic carbocycles. The zero-order chi connectivity index (χ0) is 29.9. The molecule has 0 fully saturated rings. The summed E-state index contributed by atoms with van der Waals surface area (Å²) >= 11 is 0. The van der Waals surface area contributed by atoms with Gasteiger partial charge in [0.2, 0.25) is 0 Å². The molecule has 7 aromatic carbocycles. The standard InChI is InChI=1S/C43H30N2/c1-43(2)35-18-9-6-17-32(35)42-36(43)19-12-22-39(42)45-38-21-11-8-16-31(38)34-24-27-23-33-30-15-7-10-20-37(30)44(29-13-4-3-5-14-29)40(33)25-28(27)26-41(34)45/h3-26H,1-2H3. The lowest BCUT2D eigenvalue weighted by atomic mass is 9.82. The molecule has 0 saturated carbocycles. The number of hydrogen-bond acceptors (Lipinski definition) is 0. The maximum atomic E-state index is 2.51. The molecule has 2 nitrogen and oxygen atoms in total. The van der Waals surface area contributed by atoms with Gasteiger partial charge >= 0.3 is 0 Å². The highest BCUT2D eigenvalue weighted by Crippen LogP contribution is 2.51. The van der Waals surface area contributed by atoms with E-state index in [0.717, 1.165) is 0 Å². The van der Waals surface area contributed by atoms with Crippen LogP contribution in [0.1, 0.15) is 25.0 Å². The molecule has 0 spiro atoms. The lowest BCUT2D eigenvalue weighted by molar-refractivity contribution is 0.660. The Balaban J connectivity index is 1.33. The normalized spacial score (nSPS) is 13.7. The first-order chi connectivity index (χ1) is 22.1. The Morgan fingerprint density at radius 2 is 0.978 bits per heavy atom. The molecule has 0 amide bonds. The van der Waals surface area contributed by atoms with E-state index in [1.807, 2.05) is 0 Å². The Morgan fingerprint density at radius 3 is 1.71 bits per heavy atom. The maximum Gasteiger partial charge on any atom is 0.0547 e. The third kappa shape index (κ3) is 3.24. The summed E-state index contributed by atoms with van der Waals surface area (Å²) in [5.74, 6) is 0. The molecule has 0 N–H and O–H groups in total. The van der Waals surface area contributed by atoms with Gasteiger partial charge in [-0.3, -0.25) is 0 Å². The van der Waals surface area contributed by atoms with Crippen molar-refractivity contribution < 1.29 is 0 Å². The van der Waals surface area contributed by atoms with Gasteiger partial charge in [0.15, 0.2) is 0 Å². The van der Waals surface area contributed by atoms with Gasteiger partial charge in [-0.05, 0) is 82.1 Å². The highest BCUT2D eigenvalue weighted by molar-refractivity contribution is 6.18. The summed E-state index contributed by atoms with van der Waals surface area (Å²) in [6.45, 7) is 4.72. The van der Waals surface area contributed by atoms with Crippen molar-refractivity contribution in [1.29, 1.82) is 0 Å². The van der Waals surface area contributed by atoms with Crippen molar-refractivity contribution >= 4 is 54.4 Å². The van der Waals surface area contributed by atoms with Crippen LogP contribution >= 0.6 is 0 Å². The average molecular weight is 575 g/mol. The van der Waals surface area contributed by atoms with Crippen molar-refractivity contribution in [3.8, 4) is 22.5 Å². The van der Waals surface area contributed by atoms with E-state index in [0.29, 0.717) is 0 Å². The fourth-order valence-electron chi connectivity index (χ4n) is 8.22. The van der Waals surface area contributed by atoms with Crippen molar-refractivity contribution in [2.24, 2.45) is 0 Å². The fraction of sp³-hybridized carbons (Fsp3) is 0.0698. The fourth-order valence-corrected chi connectivity index (χ4v) is 8.22. The molecule has 2 aromatic heterocycles. The van der Waals surface area contributed by atoms with Crippen molar-refractivity contribution in [3.63, 3.8) is 0 Å². The van der Waals surface area contributed by atoms with E-state index in [1.54, 1.807) is 0 Å². The van der Waals surface area contributed by atoms with Crippen molar-refractivity contribution in [1.82, 2.24) is 9.13 Å². The molecular formula is C43H30N2. The molecule has 0 unspecified atom stereocenters. The van der Waals surface area contributed by atoms with Gasteiger partial charge in [-0.15, -0.1) is 0 Å². The summed E-state index contributed by atoms with van der Waals surface area (Å²) in [5, 5.41) is 7.63. The molecular weight excluding hydrogens is 544 g/mol. The van der Waals surface area contributed by atoms with Gasteiger partial charge in [0, 0.05) is 38.2 Å². The molecule has 2 heteroatoms. The van der Waals surface area contributed by atoms with Crippen molar-refractivity contribution in [2.75, 3.05) is 0 Å². The molecule has 212 valence electrons. The van der Waals surface area contributed by atoms with Crippen LogP contribution in [0.5, 0.6) is 0 Å². The average Bonchev–Trinajstić information content (AvgIpc) is 3.66. The largest absolute Gasteiger partial charge is 0.309 e. The van der Waals surface area contributed by atoms with E-state index >= 15 is 0 Å². The number of benzene rings is 7. The van der Waals surface area contributed by atoms with E-state index in [9.17, 15) is 0 Å². The van der Waals surface area contributed by atoms with E-state index < -0.39 is 0 Å². The van der Waals surface area contributed by atoms with Crippen LogP contribution in [0, 0.1) is 0 Å². The van der Waals surface area contributed by atoms with Crippen LogP contribution in [-0.2, 0) is 5.41 Å². The van der Waals surface area contributed by atoms with Crippen molar-refractivity contribution in [2.45, 2.75) is 19.3 Å². The number of hydrogen-bond donors (Lipinski definition) is 0. The number of para-hydroxylation sites is 3. The Labute approximate surface area is 261 Å². The SMILES string of the molecule is CC1(C)c2ccccc2-c2c(-n3c4ccccc4c4cc5cc6c7ccccc7n(-c7ccccc7)c6cc5cc43)cccc21. The minimum atomic E-state index is -0.0517. The first-order valence-corrected chi connectivity index (χ1v) is 15.8. The smallest absolute Gasteiger partial charge is 0.0547 e. The van der Waals surface area contributed by atoms with E-state index in [-0.39, 0.29) is 5.41 Å². The highest BCUT2D eigenvalue weighted by atomic mass is 15.0. The number of fused-ring (bicyclic) bond motifs is 10. The Morgan fingerprint density at radius 1 is 0.422 bits per heavy atom. The van der Waals surface area contributed by atoms with Crippen LogP contribution < -0.4 is 0 Å². The van der Waals surface area contributed by atoms with Gasteiger partial charge in [-0.2, -0.15) is 0 Å². The zero-order valence-corrected chi connectivity index (χ0v) is 25.3. The van der Waals surface area contributed by atoms with Gasteiger partial charge in [0.05, 0.1) is 27.8 Å². The Bertz CT molecular complexity index is 2670. The number of nitrogens with zero attached hydrogens (tertiary/aromatic N) is 2. The van der Waals surface area contributed by atoms with Crippen LogP contribution in [0.2, 0.25) is 0 Å². The zero-order valence-electron chi connectivity index (χ0n) is 25.3. The maximum absolute atomic E-state index is 2.51. The number of rotatable bonds is 2. The Hall–Kier alpha value is -5.60. The van der Waals surface area contributed by atoms with Crippen molar-refractivity contribution in [3.05, 3.63) is 157 Å². The predicted molar refractivity (Wildman–Crippen MR) is 190 cm³/mol. The molecule has 0 radical (unpaired) electrons. The Kier molecular flexibility index (Phi) is 4.82. The molecule has 9 aromatic rings. The molecule has 1 aliphatic rings. The second kappa shape index (κ2) is 8.74. The molecule has 0 atom stereocenters. The summed E-state index contributed by atoms with van der Waals surface area (Å²) in [7, 11) is 0. The lowest BCUT2D eigenvalue weighted by Gasteiger charge is -2.22. The lowest BCUT2D eigenvalue weighted by Crippen LogP contribution is -2.14. The summed E-state index contributed by atoms with van der Waals surface area (Å²) in [6, 6.07) is 53.9. The van der Waals surface area contributed by atoms with E-state index in [1.165, 1.54) is 88.0 Å². The first kappa shape index (κ1) is 24.8. The second-order valence-electron chi connectivity index (χ2n) is 13.0. The summed E-state index contributed by atoms with van der Waals surface area (Å²) in [5.41, 5.74) is 12.8. The van der Waals surface area contributed by atoms with E-state index in [2.05, 4.69) is 169 Å². The quantitative estimate of drug-likeness (QED) is 0.194. The minimum Gasteiger partial charge on any atom is -0.309 e. The third-order valence-electron chi connectivity index (χ3n) is 10.3. The molecule has 45 heavy (non-hydrogen) atoms. The third-order valence-corrected chi connectivity index (χ3v) is 10.3. The topological polar surface area (TPSA) is 9.86 Å². The molecule has 0 saturated heterocycles. The summed E-state index contributed by atoms with van der Waals surface area (Å²) in [6.07, 6.45) is 0. The predicted octanol–water partition coefficient (Wildman–Crippen LogP) is 11.3. The first-order valence-electron chi connectivity index (χ1n) is 15.8. The van der Waals surface area contributed by atoms with Gasteiger partial charge in [0.25, 0.3) is 0 Å². The summed E-state index contributed by atoms with van der Waals surface area (Å²) < 4.78 is 4.92. The van der Waals surface area contributed by atoms with E-state index in [4.69, 9.17) is 0 Å². The monoisotopic (exact) mass is 574 g/mol. The van der Waals surface area contributed by atoms with Crippen LogP contribution in [0.4, 0.5) is 0 Å². The van der Waals surface area contributed by atoms with Gasteiger partial charge in [0.1, 0.15) is 0 Å². The van der Waals surface area contributed by atoms with Gasteiger partial charge in [-0.25, -0.2) is 0 Å².